The Morgan fingerprint density at radius 3 is 2.75 bits per heavy atom. The molecule has 106 valence electrons. The van der Waals surface area contributed by atoms with E-state index in [-0.39, 0.29) is 6.42 Å². The Labute approximate surface area is 118 Å². The van der Waals surface area contributed by atoms with E-state index in [2.05, 4.69) is 4.98 Å². The van der Waals surface area contributed by atoms with E-state index < -0.39 is 23.3 Å². The van der Waals surface area contributed by atoms with E-state index in [0.29, 0.717) is 16.7 Å². The van der Waals surface area contributed by atoms with Crippen LogP contribution in [0.4, 0.5) is 0 Å². The van der Waals surface area contributed by atoms with Crippen LogP contribution < -0.4 is 11.2 Å². The fourth-order valence-electron chi connectivity index (χ4n) is 2.05. The normalized spacial score (nSPS) is 12.4. The van der Waals surface area contributed by atoms with E-state index in [1.807, 2.05) is 6.26 Å². The van der Waals surface area contributed by atoms with E-state index in [1.54, 1.807) is 24.3 Å². The quantitative estimate of drug-likeness (QED) is 0.860. The maximum absolute atomic E-state index is 12.3. The summed E-state index contributed by atoms with van der Waals surface area (Å²) in [5, 5.41) is 9.56. The molecule has 0 bridgehead atoms. The van der Waals surface area contributed by atoms with Crippen molar-refractivity contribution in [2.75, 3.05) is 12.0 Å². The fraction of sp³-hybridized carbons (Fsp3) is 0.308. The average Bonchev–Trinajstić information content (AvgIpc) is 2.42. The zero-order valence-corrected chi connectivity index (χ0v) is 11.6. The van der Waals surface area contributed by atoms with Gasteiger partial charge in [0.1, 0.15) is 6.04 Å². The van der Waals surface area contributed by atoms with E-state index in [9.17, 15) is 19.5 Å². The lowest BCUT2D eigenvalue weighted by Gasteiger charge is -2.14. The Kier molecular flexibility index (Phi) is 4.29. The molecule has 2 aromatic rings. The number of rotatable bonds is 5. The van der Waals surface area contributed by atoms with Gasteiger partial charge in [-0.25, -0.2) is 14.2 Å². The number of hydrogen-bond acceptors (Lipinski definition) is 4. The second-order valence-electron chi connectivity index (χ2n) is 4.29. The summed E-state index contributed by atoms with van der Waals surface area (Å²) in [4.78, 5) is 38.2. The molecule has 0 aliphatic heterocycles. The van der Waals surface area contributed by atoms with Crippen LogP contribution in [0.5, 0.6) is 0 Å². The molecule has 0 fully saturated rings. The van der Waals surface area contributed by atoms with Gasteiger partial charge in [-0.15, -0.1) is 0 Å². The molecule has 0 saturated heterocycles. The van der Waals surface area contributed by atoms with Crippen molar-refractivity contribution < 1.29 is 9.90 Å². The average molecular weight is 294 g/mol. The summed E-state index contributed by atoms with van der Waals surface area (Å²) >= 11 is 1.47. The summed E-state index contributed by atoms with van der Waals surface area (Å²) in [6.45, 7) is 0. The van der Waals surface area contributed by atoms with Crippen molar-refractivity contribution in [2.24, 2.45) is 0 Å². The highest BCUT2D eigenvalue weighted by Gasteiger charge is 2.23. The number of nitrogens with zero attached hydrogens (tertiary/aromatic N) is 1. The smallest absolute Gasteiger partial charge is 0.329 e. The summed E-state index contributed by atoms with van der Waals surface area (Å²) in [5.74, 6) is -0.628. The number of carboxylic acid groups (broad SMARTS) is 1. The third kappa shape index (κ3) is 2.62. The third-order valence-corrected chi connectivity index (χ3v) is 3.67. The number of aromatic amines is 1. The number of carboxylic acids is 1. The Morgan fingerprint density at radius 2 is 2.10 bits per heavy atom. The van der Waals surface area contributed by atoms with Crippen LogP contribution in [0.3, 0.4) is 0 Å². The number of para-hydroxylation sites is 1. The highest BCUT2D eigenvalue weighted by atomic mass is 32.2. The Hall–Kier alpha value is -2.02. The second kappa shape index (κ2) is 5.96. The first kappa shape index (κ1) is 14.4. The van der Waals surface area contributed by atoms with Crippen LogP contribution in [0.2, 0.25) is 0 Å². The first-order valence-electron chi connectivity index (χ1n) is 6.01. The van der Waals surface area contributed by atoms with Gasteiger partial charge in [-0.3, -0.25) is 4.79 Å². The standard InChI is InChI=1S/C13H14N2O4S/c1-20-7-6-10(12(17)18)15-11(16)8-4-2-3-5-9(8)14-13(15)19/h2-5,10H,6-7H2,1H3,(H,14,19)(H,17,18)/t10-/m1/s1. The number of H-pyrrole nitrogens is 1. The molecule has 20 heavy (non-hydrogen) atoms. The summed E-state index contributed by atoms with van der Waals surface area (Å²) in [6, 6.07) is 5.40. The van der Waals surface area contributed by atoms with E-state index >= 15 is 0 Å². The maximum Gasteiger partial charge on any atom is 0.329 e. The number of nitrogens with one attached hydrogen (secondary N) is 1. The van der Waals surface area contributed by atoms with Crippen LogP contribution in [-0.4, -0.2) is 32.6 Å². The van der Waals surface area contributed by atoms with Crippen LogP contribution in [0.15, 0.2) is 33.9 Å². The van der Waals surface area contributed by atoms with Gasteiger partial charge in [-0.05, 0) is 30.6 Å². The molecule has 1 heterocycles. The lowest BCUT2D eigenvalue weighted by molar-refractivity contribution is -0.141. The SMILES string of the molecule is CSCC[C@H](C(=O)O)n1c(=O)[nH]c2ccccc2c1=O. The van der Waals surface area contributed by atoms with Gasteiger partial charge < -0.3 is 10.1 Å². The molecule has 1 aromatic heterocycles. The van der Waals surface area contributed by atoms with Crippen LogP contribution in [0.25, 0.3) is 10.9 Å². The van der Waals surface area contributed by atoms with E-state index in [0.717, 1.165) is 4.57 Å². The molecule has 0 unspecified atom stereocenters. The van der Waals surface area contributed by atoms with Gasteiger partial charge in [0, 0.05) is 0 Å². The number of aromatic nitrogens is 2. The Morgan fingerprint density at radius 1 is 1.40 bits per heavy atom. The van der Waals surface area contributed by atoms with Crippen molar-refractivity contribution in [1.82, 2.24) is 9.55 Å². The number of thioether (sulfide) groups is 1. The monoisotopic (exact) mass is 294 g/mol. The first-order chi connectivity index (χ1) is 9.56. The minimum Gasteiger partial charge on any atom is -0.480 e. The van der Waals surface area contributed by atoms with Crippen molar-refractivity contribution in [1.29, 1.82) is 0 Å². The van der Waals surface area contributed by atoms with Crippen molar-refractivity contribution in [2.45, 2.75) is 12.5 Å². The number of benzene rings is 1. The molecule has 0 amide bonds. The summed E-state index contributed by atoms with van der Waals surface area (Å²) in [6.07, 6.45) is 2.06. The zero-order valence-electron chi connectivity index (χ0n) is 10.8. The predicted octanol–water partition coefficient (Wildman–Crippen LogP) is 1.07. The zero-order chi connectivity index (χ0) is 14.7. The van der Waals surface area contributed by atoms with E-state index in [1.165, 1.54) is 11.8 Å². The molecule has 2 rings (SSSR count). The number of aliphatic carboxylic acids is 1. The number of carbonyl (C=O) groups is 1. The number of hydrogen-bond donors (Lipinski definition) is 2. The topological polar surface area (TPSA) is 92.2 Å². The molecular weight excluding hydrogens is 280 g/mol. The summed E-state index contributed by atoms with van der Waals surface area (Å²) in [5.41, 5.74) is -0.854. The third-order valence-electron chi connectivity index (χ3n) is 3.03. The van der Waals surface area contributed by atoms with Crippen LogP contribution in [0, 0.1) is 0 Å². The highest BCUT2D eigenvalue weighted by Crippen LogP contribution is 2.12. The largest absolute Gasteiger partial charge is 0.480 e. The minimum atomic E-state index is -1.18. The molecule has 1 aromatic carbocycles. The van der Waals surface area contributed by atoms with Crippen molar-refractivity contribution in [3.63, 3.8) is 0 Å². The molecular formula is C13H14N2O4S. The van der Waals surface area contributed by atoms with Gasteiger partial charge in [-0.1, -0.05) is 12.1 Å². The van der Waals surface area contributed by atoms with Crippen LogP contribution in [0.1, 0.15) is 12.5 Å². The minimum absolute atomic E-state index is 0.220. The molecule has 7 heteroatoms. The van der Waals surface area contributed by atoms with Crippen LogP contribution >= 0.6 is 11.8 Å². The van der Waals surface area contributed by atoms with Crippen LogP contribution in [-0.2, 0) is 4.79 Å². The number of fused-ring (bicyclic) bond motifs is 1. The van der Waals surface area contributed by atoms with Crippen molar-refractivity contribution in [3.05, 3.63) is 45.1 Å². The predicted molar refractivity (Wildman–Crippen MR) is 78.5 cm³/mol. The fourth-order valence-corrected chi connectivity index (χ4v) is 2.51. The first-order valence-corrected chi connectivity index (χ1v) is 7.41. The molecule has 0 radical (unpaired) electrons. The summed E-state index contributed by atoms with van der Waals surface area (Å²) < 4.78 is 0.793. The molecule has 0 aliphatic carbocycles. The van der Waals surface area contributed by atoms with Gasteiger partial charge in [0.05, 0.1) is 10.9 Å². The van der Waals surface area contributed by atoms with Crippen molar-refractivity contribution >= 4 is 28.6 Å². The van der Waals surface area contributed by atoms with E-state index in [4.69, 9.17) is 0 Å². The molecule has 0 aliphatic rings. The van der Waals surface area contributed by atoms with Crippen molar-refractivity contribution in [3.8, 4) is 0 Å². The molecule has 1 atom stereocenters. The second-order valence-corrected chi connectivity index (χ2v) is 5.27. The van der Waals surface area contributed by atoms with Gasteiger partial charge in [0.15, 0.2) is 0 Å². The molecule has 2 N–H and O–H groups in total. The lowest BCUT2D eigenvalue weighted by atomic mass is 10.2. The Balaban J connectivity index is 2.66. The highest BCUT2D eigenvalue weighted by molar-refractivity contribution is 7.98. The lowest BCUT2D eigenvalue weighted by Crippen LogP contribution is -2.41. The van der Waals surface area contributed by atoms with Gasteiger partial charge in [0.2, 0.25) is 0 Å². The molecule has 6 nitrogen and oxygen atoms in total. The van der Waals surface area contributed by atoms with Gasteiger partial charge >= 0.3 is 11.7 Å². The summed E-state index contributed by atoms with van der Waals surface area (Å²) in [7, 11) is 0. The molecule has 0 spiro atoms. The Bertz CT molecular complexity index is 750. The van der Waals surface area contributed by atoms with Gasteiger partial charge in [-0.2, -0.15) is 11.8 Å². The van der Waals surface area contributed by atoms with Gasteiger partial charge in [0.25, 0.3) is 5.56 Å². The maximum atomic E-state index is 12.3. The molecule has 0 saturated carbocycles.